The Balaban J connectivity index is 1.30. The van der Waals surface area contributed by atoms with Gasteiger partial charge in [0.15, 0.2) is 0 Å². The predicted octanol–water partition coefficient (Wildman–Crippen LogP) is 2.50. The van der Waals surface area contributed by atoms with Crippen LogP contribution >= 0.6 is 0 Å². The third-order valence-corrected chi connectivity index (χ3v) is 9.07. The Morgan fingerprint density at radius 3 is 2.37 bits per heavy atom. The molecule has 0 amide bonds. The lowest BCUT2D eigenvalue weighted by molar-refractivity contribution is -0.153. The van der Waals surface area contributed by atoms with E-state index >= 15 is 0 Å². The molecule has 46 heavy (non-hydrogen) atoms. The molecule has 1 atom stereocenters. The van der Waals surface area contributed by atoms with Gasteiger partial charge in [0.05, 0.1) is 12.3 Å². The number of aryl methyl sites for hydroxylation is 1. The first-order valence-electron chi connectivity index (χ1n) is 15.4. The second-order valence-corrected chi connectivity index (χ2v) is 13.9. The van der Waals surface area contributed by atoms with Gasteiger partial charge in [-0.1, -0.05) is 23.1 Å². The van der Waals surface area contributed by atoms with Crippen molar-refractivity contribution in [3.63, 3.8) is 0 Å². The van der Waals surface area contributed by atoms with E-state index in [-0.39, 0.29) is 25.6 Å². The molecule has 0 unspecified atom stereocenters. The van der Waals surface area contributed by atoms with Crippen LogP contribution in [0.1, 0.15) is 62.8 Å². The molecular weight excluding hydrogens is 610 g/mol. The Hall–Kier alpha value is -3.96. The van der Waals surface area contributed by atoms with E-state index in [0.29, 0.717) is 26.2 Å². The van der Waals surface area contributed by atoms with Gasteiger partial charge in [-0.15, -0.1) is 0 Å². The molecule has 1 fully saturated rings. The van der Waals surface area contributed by atoms with Crippen LogP contribution in [0.2, 0.25) is 0 Å². The number of anilines is 1. The second kappa shape index (κ2) is 15.6. The van der Waals surface area contributed by atoms with Gasteiger partial charge < -0.3 is 24.9 Å². The number of hydrogen-bond donors (Lipinski definition) is 3. The first kappa shape index (κ1) is 34.9. The summed E-state index contributed by atoms with van der Waals surface area (Å²) in [5, 5.41) is 16.4. The monoisotopic (exact) mass is 653 g/mol. The van der Waals surface area contributed by atoms with Gasteiger partial charge in [0, 0.05) is 55.1 Å². The van der Waals surface area contributed by atoms with E-state index in [9.17, 15) is 18.0 Å². The third-order valence-electron chi connectivity index (χ3n) is 7.37. The number of hydrogen-bond acceptors (Lipinski definition) is 9. The number of oxime groups is 1. The summed E-state index contributed by atoms with van der Waals surface area (Å²) in [6.07, 6.45) is 2.78. The number of benzene rings is 2. The Bertz CT molecular complexity index is 1580. The molecule has 0 spiro atoms. The van der Waals surface area contributed by atoms with Crippen LogP contribution in [-0.4, -0.2) is 93.0 Å². The van der Waals surface area contributed by atoms with E-state index in [1.807, 2.05) is 51.1 Å². The highest BCUT2D eigenvalue weighted by atomic mass is 32.2. The van der Waals surface area contributed by atoms with E-state index in [2.05, 4.69) is 44.1 Å². The number of piperazine rings is 1. The molecule has 0 bridgehead atoms. The van der Waals surface area contributed by atoms with Crippen LogP contribution in [0, 0.1) is 11.8 Å². The van der Waals surface area contributed by atoms with Crippen molar-refractivity contribution in [1.82, 2.24) is 14.3 Å². The summed E-state index contributed by atoms with van der Waals surface area (Å²) in [6.45, 7) is 9.19. The van der Waals surface area contributed by atoms with E-state index in [4.69, 9.17) is 14.7 Å². The molecule has 13 heteroatoms. The molecule has 2 aromatic rings. The standard InChI is InChI=1S/C33H43N5O7S/c1-24(32(40)41)36-46(42,43)38-19-17-37(18-20-38)28-14-11-25(12-15-28)8-9-26-10-13-27-6-5-7-30(29(27)22-26)35-44-21-16-34-23-31(39)45-33(2,3)4/h10-15,22,24,34,36H,5-7,16-21,23H2,1-4H3,(H,40,41)/t24-/m1/s1. The zero-order valence-corrected chi connectivity index (χ0v) is 27.7. The first-order chi connectivity index (χ1) is 21.8. The zero-order valence-electron chi connectivity index (χ0n) is 26.8. The van der Waals surface area contributed by atoms with Crippen molar-refractivity contribution >= 4 is 33.5 Å². The Labute approximate surface area is 271 Å². The number of nitrogens with one attached hydrogen (secondary N) is 2. The predicted molar refractivity (Wildman–Crippen MR) is 176 cm³/mol. The lowest BCUT2D eigenvalue weighted by Gasteiger charge is -2.35. The van der Waals surface area contributed by atoms with Gasteiger partial charge in [0.25, 0.3) is 10.2 Å². The minimum absolute atomic E-state index is 0.114. The number of rotatable bonds is 11. The smallest absolute Gasteiger partial charge is 0.321 e. The number of carbonyl (C=O) groups excluding carboxylic acids is 1. The lowest BCUT2D eigenvalue weighted by atomic mass is 9.89. The van der Waals surface area contributed by atoms with E-state index in [0.717, 1.165) is 47.4 Å². The van der Waals surface area contributed by atoms with Crippen LogP contribution in [0.4, 0.5) is 5.69 Å². The molecule has 1 aliphatic heterocycles. The average molecular weight is 654 g/mol. The molecule has 1 aliphatic carbocycles. The summed E-state index contributed by atoms with van der Waals surface area (Å²) >= 11 is 0. The maximum absolute atomic E-state index is 12.5. The number of carboxylic acid groups (broad SMARTS) is 1. The quantitative estimate of drug-likeness (QED) is 0.144. The maximum atomic E-state index is 12.5. The summed E-state index contributed by atoms with van der Waals surface area (Å²) < 4.78 is 33.7. The Kier molecular flexibility index (Phi) is 11.8. The molecule has 0 aromatic heterocycles. The molecular formula is C33H43N5O7S. The van der Waals surface area contributed by atoms with Crippen LogP contribution in [-0.2, 0) is 35.8 Å². The average Bonchev–Trinajstić information content (AvgIpc) is 3.01. The molecule has 0 saturated carbocycles. The number of fused-ring (bicyclic) bond motifs is 1. The number of carbonyl (C=O) groups is 2. The topological polar surface area (TPSA) is 150 Å². The fourth-order valence-corrected chi connectivity index (χ4v) is 6.40. The summed E-state index contributed by atoms with van der Waals surface area (Å²) in [7, 11) is -3.87. The van der Waals surface area contributed by atoms with Crippen LogP contribution < -0.4 is 14.9 Å². The summed E-state index contributed by atoms with van der Waals surface area (Å²) in [4.78, 5) is 30.5. The van der Waals surface area contributed by atoms with Crippen molar-refractivity contribution in [3.05, 3.63) is 64.7 Å². The fraction of sp³-hybridized carbons (Fsp3) is 0.485. The van der Waals surface area contributed by atoms with Gasteiger partial charge in [-0.3, -0.25) is 9.59 Å². The van der Waals surface area contributed by atoms with Crippen LogP contribution in [0.5, 0.6) is 0 Å². The highest BCUT2D eigenvalue weighted by molar-refractivity contribution is 7.87. The molecule has 1 heterocycles. The highest BCUT2D eigenvalue weighted by Crippen LogP contribution is 2.23. The van der Waals surface area contributed by atoms with Crippen molar-refractivity contribution in [2.24, 2.45) is 5.16 Å². The van der Waals surface area contributed by atoms with E-state index in [1.165, 1.54) is 16.8 Å². The van der Waals surface area contributed by atoms with Crippen molar-refractivity contribution < 1.29 is 32.7 Å². The summed E-state index contributed by atoms with van der Waals surface area (Å²) in [6, 6.07) is 12.8. The minimum atomic E-state index is -3.87. The molecule has 0 radical (unpaired) electrons. The SMILES string of the molecule is C[C@@H](NS(=O)(=O)N1CCN(c2ccc(C#Cc3ccc4c(c3)C(=NOCCNCC(=O)OC(C)(C)C)CCC4)cc2)CC1)C(=O)O. The van der Waals surface area contributed by atoms with Crippen molar-refractivity contribution in [2.75, 3.05) is 50.8 Å². The largest absolute Gasteiger partial charge is 0.480 e. The maximum Gasteiger partial charge on any atom is 0.321 e. The van der Waals surface area contributed by atoms with Crippen LogP contribution in [0.25, 0.3) is 0 Å². The number of aliphatic carboxylic acids is 1. The zero-order chi connectivity index (χ0) is 33.3. The van der Waals surface area contributed by atoms with E-state index in [1.54, 1.807) is 0 Å². The van der Waals surface area contributed by atoms with Gasteiger partial charge in [-0.2, -0.15) is 17.4 Å². The minimum Gasteiger partial charge on any atom is -0.480 e. The molecule has 3 N–H and O–H groups in total. The summed E-state index contributed by atoms with van der Waals surface area (Å²) in [5.41, 5.74) is 5.33. The third kappa shape index (κ3) is 10.3. The summed E-state index contributed by atoms with van der Waals surface area (Å²) in [5.74, 6) is 4.95. The molecule has 12 nitrogen and oxygen atoms in total. The molecule has 2 aliphatic rings. The number of ether oxygens (including phenoxy) is 1. The highest BCUT2D eigenvalue weighted by Gasteiger charge is 2.29. The number of carboxylic acids is 1. The van der Waals surface area contributed by atoms with Gasteiger partial charge in [0.1, 0.15) is 18.2 Å². The van der Waals surface area contributed by atoms with Crippen LogP contribution in [0.3, 0.4) is 0 Å². The molecule has 248 valence electrons. The Morgan fingerprint density at radius 1 is 1.02 bits per heavy atom. The van der Waals surface area contributed by atoms with Gasteiger partial charge >= 0.3 is 11.9 Å². The molecule has 2 aromatic carbocycles. The second-order valence-electron chi connectivity index (χ2n) is 12.2. The van der Waals surface area contributed by atoms with Gasteiger partial charge in [-0.25, -0.2) is 0 Å². The normalized spacial score (nSPS) is 17.0. The van der Waals surface area contributed by atoms with Crippen molar-refractivity contribution in [2.45, 2.75) is 58.6 Å². The van der Waals surface area contributed by atoms with Crippen molar-refractivity contribution in [3.8, 4) is 11.8 Å². The van der Waals surface area contributed by atoms with E-state index < -0.39 is 27.8 Å². The Morgan fingerprint density at radius 2 is 1.70 bits per heavy atom. The number of esters is 1. The van der Waals surface area contributed by atoms with Gasteiger partial charge in [0.2, 0.25) is 0 Å². The fourth-order valence-electron chi connectivity index (χ4n) is 5.06. The van der Waals surface area contributed by atoms with Crippen molar-refractivity contribution in [1.29, 1.82) is 0 Å². The lowest BCUT2D eigenvalue weighted by Crippen LogP contribution is -2.54. The van der Waals surface area contributed by atoms with Gasteiger partial charge in [-0.05, 0) is 88.9 Å². The first-order valence-corrected chi connectivity index (χ1v) is 16.9. The molecule has 1 saturated heterocycles. The molecule has 4 rings (SSSR count). The number of nitrogens with zero attached hydrogens (tertiary/aromatic N) is 3. The van der Waals surface area contributed by atoms with Crippen LogP contribution in [0.15, 0.2) is 47.6 Å².